The van der Waals surface area contributed by atoms with Gasteiger partial charge in [0.25, 0.3) is 0 Å². The Labute approximate surface area is 153 Å². The zero-order valence-corrected chi connectivity index (χ0v) is 15.1. The van der Waals surface area contributed by atoms with Crippen LogP contribution in [0.3, 0.4) is 0 Å². The van der Waals surface area contributed by atoms with E-state index in [0.717, 1.165) is 41.0 Å². The second-order valence-electron chi connectivity index (χ2n) is 6.86. The van der Waals surface area contributed by atoms with E-state index in [9.17, 15) is 5.11 Å². The third-order valence-electron chi connectivity index (χ3n) is 5.47. The van der Waals surface area contributed by atoms with Gasteiger partial charge in [-0.3, -0.25) is 0 Å². The minimum atomic E-state index is -0.882. The maximum absolute atomic E-state index is 11.3. The van der Waals surface area contributed by atoms with E-state index in [-0.39, 0.29) is 12.2 Å². The number of aliphatic hydroxyl groups is 1. The molecule has 2 aliphatic rings. The molecule has 138 valence electrons. The Balaban J connectivity index is 1.60. The summed E-state index contributed by atoms with van der Waals surface area (Å²) < 4.78 is 21.8. The highest BCUT2D eigenvalue weighted by Gasteiger charge is 2.47. The van der Waals surface area contributed by atoms with Crippen molar-refractivity contribution in [2.24, 2.45) is 0 Å². The molecule has 0 radical (unpaired) electrons. The largest absolute Gasteiger partial charge is 0.497 e. The second kappa shape index (κ2) is 6.91. The maximum Gasteiger partial charge on any atom is 0.184 e. The van der Waals surface area contributed by atoms with Crippen LogP contribution in [0.15, 0.2) is 42.5 Å². The highest BCUT2D eigenvalue weighted by atomic mass is 16.7. The minimum Gasteiger partial charge on any atom is -0.497 e. The van der Waals surface area contributed by atoms with Crippen molar-refractivity contribution in [3.63, 3.8) is 0 Å². The van der Waals surface area contributed by atoms with Crippen molar-refractivity contribution in [1.82, 2.24) is 0 Å². The molecule has 2 aromatic carbocycles. The smallest absolute Gasteiger partial charge is 0.184 e. The van der Waals surface area contributed by atoms with Gasteiger partial charge in [-0.25, -0.2) is 0 Å². The van der Waals surface area contributed by atoms with E-state index in [1.165, 1.54) is 0 Å². The minimum absolute atomic E-state index is 0.0105. The Bertz CT molecular complexity index is 744. The summed E-state index contributed by atoms with van der Waals surface area (Å²) in [4.78, 5) is 0. The Hall–Kier alpha value is -2.08. The normalized spacial score (nSPS) is 25.7. The quantitative estimate of drug-likeness (QED) is 0.888. The van der Waals surface area contributed by atoms with Gasteiger partial charge >= 0.3 is 0 Å². The Morgan fingerprint density at radius 1 is 0.923 bits per heavy atom. The van der Waals surface area contributed by atoms with Crippen LogP contribution in [0.5, 0.6) is 11.5 Å². The van der Waals surface area contributed by atoms with Gasteiger partial charge in [-0.05, 0) is 36.1 Å². The van der Waals surface area contributed by atoms with E-state index in [1.807, 2.05) is 42.5 Å². The number of hydrogen-bond donors (Lipinski definition) is 1. The molecule has 1 heterocycles. The van der Waals surface area contributed by atoms with Crippen LogP contribution in [0.4, 0.5) is 0 Å². The monoisotopic (exact) mass is 356 g/mol. The standard InChI is InChI=1S/C21H24O5/c1-23-17-11-15(12-18(13-17)24-2)19-7-8-21(19,22)16-5-3-14(4-6-16)20-25-9-10-26-20/h3-6,11-13,19-20,22H,7-10H2,1-2H3/t19-,21-/m1/s1. The first-order valence-corrected chi connectivity index (χ1v) is 8.93. The van der Waals surface area contributed by atoms with Crippen molar-refractivity contribution in [2.45, 2.75) is 30.7 Å². The van der Waals surface area contributed by atoms with Crippen LogP contribution < -0.4 is 9.47 Å². The molecule has 1 aliphatic carbocycles. The van der Waals surface area contributed by atoms with Gasteiger partial charge in [-0.2, -0.15) is 0 Å². The predicted octanol–water partition coefficient (Wildman–Crippen LogP) is 3.51. The molecular weight excluding hydrogens is 332 g/mol. The molecule has 5 heteroatoms. The lowest BCUT2D eigenvalue weighted by atomic mass is 9.63. The van der Waals surface area contributed by atoms with Gasteiger partial charge in [0, 0.05) is 17.5 Å². The topological polar surface area (TPSA) is 57.2 Å². The van der Waals surface area contributed by atoms with E-state index in [2.05, 4.69) is 0 Å². The van der Waals surface area contributed by atoms with Crippen molar-refractivity contribution >= 4 is 0 Å². The summed E-state index contributed by atoms with van der Waals surface area (Å²) in [5.74, 6) is 1.48. The Morgan fingerprint density at radius 3 is 2.04 bits per heavy atom. The summed E-state index contributed by atoms with van der Waals surface area (Å²) in [6.07, 6.45) is 1.36. The van der Waals surface area contributed by atoms with Crippen molar-refractivity contribution in [1.29, 1.82) is 0 Å². The molecule has 2 fully saturated rings. The van der Waals surface area contributed by atoms with E-state index in [1.54, 1.807) is 14.2 Å². The van der Waals surface area contributed by atoms with Gasteiger partial charge in [-0.1, -0.05) is 24.3 Å². The van der Waals surface area contributed by atoms with Gasteiger partial charge in [0.05, 0.1) is 33.0 Å². The molecule has 0 unspecified atom stereocenters. The zero-order valence-electron chi connectivity index (χ0n) is 15.1. The number of methoxy groups -OCH3 is 2. The lowest BCUT2D eigenvalue weighted by molar-refractivity contribution is -0.0649. The van der Waals surface area contributed by atoms with E-state index in [0.29, 0.717) is 13.2 Å². The third-order valence-corrected chi connectivity index (χ3v) is 5.47. The summed E-state index contributed by atoms with van der Waals surface area (Å²) in [6.45, 7) is 1.24. The van der Waals surface area contributed by atoms with Crippen molar-refractivity contribution in [3.05, 3.63) is 59.2 Å². The summed E-state index contributed by atoms with van der Waals surface area (Å²) in [5, 5.41) is 11.3. The van der Waals surface area contributed by atoms with Gasteiger partial charge in [0.2, 0.25) is 0 Å². The fraction of sp³-hybridized carbons (Fsp3) is 0.429. The van der Waals surface area contributed by atoms with Crippen LogP contribution in [0, 0.1) is 0 Å². The number of hydrogen-bond acceptors (Lipinski definition) is 5. The molecular formula is C21H24O5. The molecule has 0 bridgehead atoms. The first kappa shape index (κ1) is 17.3. The molecule has 0 amide bonds. The van der Waals surface area contributed by atoms with Crippen LogP contribution in [0.2, 0.25) is 0 Å². The predicted molar refractivity (Wildman–Crippen MR) is 96.5 cm³/mol. The molecule has 2 atom stereocenters. The molecule has 1 aliphatic heterocycles. The van der Waals surface area contributed by atoms with Crippen LogP contribution in [0.25, 0.3) is 0 Å². The molecule has 0 aromatic heterocycles. The van der Waals surface area contributed by atoms with Crippen molar-refractivity contribution < 1.29 is 24.1 Å². The Morgan fingerprint density at radius 2 is 1.54 bits per heavy atom. The van der Waals surface area contributed by atoms with Crippen molar-refractivity contribution in [2.75, 3.05) is 27.4 Å². The van der Waals surface area contributed by atoms with E-state index < -0.39 is 5.60 Å². The van der Waals surface area contributed by atoms with Crippen LogP contribution in [-0.2, 0) is 15.1 Å². The average Bonchev–Trinajstić information content (AvgIpc) is 3.21. The van der Waals surface area contributed by atoms with Crippen LogP contribution in [-0.4, -0.2) is 32.5 Å². The van der Waals surface area contributed by atoms with Gasteiger partial charge < -0.3 is 24.1 Å². The van der Waals surface area contributed by atoms with Crippen molar-refractivity contribution in [3.8, 4) is 11.5 Å². The molecule has 4 rings (SSSR count). The average molecular weight is 356 g/mol. The zero-order chi connectivity index (χ0) is 18.1. The molecule has 26 heavy (non-hydrogen) atoms. The highest BCUT2D eigenvalue weighted by Crippen LogP contribution is 2.53. The fourth-order valence-corrected chi connectivity index (χ4v) is 3.86. The number of benzene rings is 2. The third kappa shape index (κ3) is 2.96. The molecule has 2 aromatic rings. The van der Waals surface area contributed by atoms with E-state index >= 15 is 0 Å². The Kier molecular flexibility index (Phi) is 4.61. The lowest BCUT2D eigenvalue weighted by Gasteiger charge is -2.46. The molecule has 1 N–H and O–H groups in total. The summed E-state index contributed by atoms with van der Waals surface area (Å²) in [6, 6.07) is 13.7. The summed E-state index contributed by atoms with van der Waals surface area (Å²) in [5.41, 5.74) is 2.04. The lowest BCUT2D eigenvalue weighted by Crippen LogP contribution is -2.42. The number of rotatable bonds is 5. The van der Waals surface area contributed by atoms with Gasteiger partial charge in [0.15, 0.2) is 6.29 Å². The SMILES string of the molecule is COc1cc(OC)cc([C@H]2CC[C@@]2(O)c2ccc(C3OCCO3)cc2)c1. The maximum atomic E-state index is 11.3. The van der Waals surface area contributed by atoms with E-state index in [4.69, 9.17) is 18.9 Å². The molecule has 1 saturated heterocycles. The first-order chi connectivity index (χ1) is 12.6. The van der Waals surface area contributed by atoms with Gasteiger partial charge in [-0.15, -0.1) is 0 Å². The number of ether oxygens (including phenoxy) is 4. The summed E-state index contributed by atoms with van der Waals surface area (Å²) >= 11 is 0. The second-order valence-corrected chi connectivity index (χ2v) is 6.86. The fourth-order valence-electron chi connectivity index (χ4n) is 3.86. The van der Waals surface area contributed by atoms with Crippen LogP contribution in [0.1, 0.15) is 41.7 Å². The highest BCUT2D eigenvalue weighted by molar-refractivity contribution is 5.44. The molecule has 5 nitrogen and oxygen atoms in total. The first-order valence-electron chi connectivity index (χ1n) is 8.93. The van der Waals surface area contributed by atoms with Crippen LogP contribution >= 0.6 is 0 Å². The van der Waals surface area contributed by atoms with Gasteiger partial charge in [0.1, 0.15) is 11.5 Å². The molecule has 0 spiro atoms. The summed E-state index contributed by atoms with van der Waals surface area (Å²) in [7, 11) is 3.27. The molecule has 1 saturated carbocycles.